The first kappa shape index (κ1) is 22.0. The number of esters is 1. The maximum Gasteiger partial charge on any atom is 0.508 e. The van der Waals surface area contributed by atoms with E-state index in [0.29, 0.717) is 0 Å². The van der Waals surface area contributed by atoms with E-state index in [1.54, 1.807) is 6.92 Å². The third kappa shape index (κ3) is 6.09. The minimum atomic E-state index is -1.09. The van der Waals surface area contributed by atoms with Crippen LogP contribution in [0.5, 0.6) is 0 Å². The molecule has 0 radical (unpaired) electrons. The smallest absolute Gasteiger partial charge is 0.481 e. The fourth-order valence-electron chi connectivity index (χ4n) is 2.18. The number of benzene rings is 1. The number of hydrogen-bond donors (Lipinski definition) is 1. The molecule has 158 valence electrons. The number of cyclic esters (lactones) is 4. The fraction of sp³-hybridized carbons (Fsp3) is 0.474. The standard InChI is InChI=1S/C13H14O5.C6H8O5/c1-13(8-17-12(15)18-9-13)11(14)16-7-10-5-3-2-4-6-10;1-6(4(7)8)2-10-5(9)11-3-6/h2-6H,7-9H2,1H3;2-3H2,1H3,(H,7,8). The van der Waals surface area contributed by atoms with Crippen LogP contribution in [0.15, 0.2) is 30.3 Å². The van der Waals surface area contributed by atoms with E-state index in [1.165, 1.54) is 6.92 Å². The van der Waals surface area contributed by atoms with Gasteiger partial charge >= 0.3 is 24.2 Å². The van der Waals surface area contributed by atoms with Crippen LogP contribution in [0.25, 0.3) is 0 Å². The molecule has 1 aromatic rings. The first-order chi connectivity index (χ1) is 13.6. The molecule has 10 heteroatoms. The van der Waals surface area contributed by atoms with Gasteiger partial charge in [0.05, 0.1) is 0 Å². The van der Waals surface area contributed by atoms with E-state index in [1.807, 2.05) is 30.3 Å². The van der Waals surface area contributed by atoms with Gasteiger partial charge in [-0.05, 0) is 19.4 Å². The second kappa shape index (κ2) is 9.26. The summed E-state index contributed by atoms with van der Waals surface area (Å²) in [5, 5.41) is 8.61. The third-order valence-electron chi connectivity index (χ3n) is 4.26. The minimum absolute atomic E-state index is 0.0144. The monoisotopic (exact) mass is 410 g/mol. The van der Waals surface area contributed by atoms with Crippen molar-refractivity contribution in [1.82, 2.24) is 0 Å². The Balaban J connectivity index is 0.000000234. The van der Waals surface area contributed by atoms with Crippen molar-refractivity contribution >= 4 is 24.2 Å². The molecule has 3 rings (SSSR count). The predicted octanol–water partition coefficient (Wildman–Crippen LogP) is 2.15. The Labute approximate surface area is 166 Å². The van der Waals surface area contributed by atoms with Crippen molar-refractivity contribution in [3.8, 4) is 0 Å². The van der Waals surface area contributed by atoms with Crippen LogP contribution < -0.4 is 0 Å². The zero-order valence-electron chi connectivity index (χ0n) is 16.0. The molecule has 0 bridgehead atoms. The maximum absolute atomic E-state index is 11.9. The number of aliphatic carboxylic acids is 1. The van der Waals surface area contributed by atoms with Gasteiger partial charge in [-0.2, -0.15) is 0 Å². The lowest BCUT2D eigenvalue weighted by Crippen LogP contribution is -2.44. The first-order valence-corrected chi connectivity index (χ1v) is 8.68. The molecule has 1 N–H and O–H groups in total. The minimum Gasteiger partial charge on any atom is -0.481 e. The number of carbonyl (C=O) groups excluding carboxylic acids is 3. The summed E-state index contributed by atoms with van der Waals surface area (Å²) in [6.45, 7) is 3.03. The summed E-state index contributed by atoms with van der Waals surface area (Å²) in [5.41, 5.74) is -1.11. The van der Waals surface area contributed by atoms with Gasteiger partial charge in [0, 0.05) is 0 Å². The van der Waals surface area contributed by atoms with Crippen LogP contribution in [0.1, 0.15) is 19.4 Å². The van der Waals surface area contributed by atoms with Crippen molar-refractivity contribution in [2.24, 2.45) is 10.8 Å². The van der Waals surface area contributed by atoms with E-state index < -0.39 is 35.1 Å². The van der Waals surface area contributed by atoms with Crippen LogP contribution in [0, 0.1) is 10.8 Å². The van der Waals surface area contributed by atoms with E-state index in [-0.39, 0.29) is 33.0 Å². The molecule has 10 nitrogen and oxygen atoms in total. The Kier molecular flexibility index (Phi) is 7.03. The van der Waals surface area contributed by atoms with Gasteiger partial charge in [-0.15, -0.1) is 0 Å². The Hall–Kier alpha value is -3.30. The normalized spacial score (nSPS) is 19.1. The number of ether oxygens (including phenoxy) is 5. The predicted molar refractivity (Wildman–Crippen MR) is 94.7 cm³/mol. The van der Waals surface area contributed by atoms with E-state index >= 15 is 0 Å². The molecule has 1 aromatic carbocycles. The van der Waals surface area contributed by atoms with Gasteiger partial charge in [0.15, 0.2) is 0 Å². The van der Waals surface area contributed by atoms with Crippen molar-refractivity contribution in [3.63, 3.8) is 0 Å². The molecule has 29 heavy (non-hydrogen) atoms. The zero-order valence-corrected chi connectivity index (χ0v) is 16.0. The van der Waals surface area contributed by atoms with Gasteiger partial charge < -0.3 is 28.8 Å². The Morgan fingerprint density at radius 1 is 0.897 bits per heavy atom. The highest BCUT2D eigenvalue weighted by Gasteiger charge is 2.42. The van der Waals surface area contributed by atoms with Crippen LogP contribution in [0.3, 0.4) is 0 Å². The highest BCUT2D eigenvalue weighted by molar-refractivity contribution is 5.78. The molecular weight excluding hydrogens is 388 g/mol. The fourth-order valence-corrected chi connectivity index (χ4v) is 2.18. The molecule has 0 amide bonds. The lowest BCUT2D eigenvalue weighted by Gasteiger charge is -2.29. The average molecular weight is 410 g/mol. The third-order valence-corrected chi connectivity index (χ3v) is 4.26. The Bertz CT molecular complexity index is 738. The summed E-state index contributed by atoms with van der Waals surface area (Å²) < 4.78 is 23.4. The summed E-state index contributed by atoms with van der Waals surface area (Å²) >= 11 is 0. The van der Waals surface area contributed by atoms with Gasteiger partial charge in [0.1, 0.15) is 43.9 Å². The molecule has 0 aliphatic carbocycles. The van der Waals surface area contributed by atoms with E-state index in [2.05, 4.69) is 9.47 Å². The van der Waals surface area contributed by atoms with Gasteiger partial charge in [-0.1, -0.05) is 30.3 Å². The highest BCUT2D eigenvalue weighted by atomic mass is 16.7. The summed E-state index contributed by atoms with van der Waals surface area (Å²) in [4.78, 5) is 43.5. The highest BCUT2D eigenvalue weighted by Crippen LogP contribution is 2.24. The lowest BCUT2D eigenvalue weighted by atomic mass is 9.93. The molecule has 2 aliphatic rings. The van der Waals surface area contributed by atoms with Crippen molar-refractivity contribution in [2.75, 3.05) is 26.4 Å². The largest absolute Gasteiger partial charge is 0.508 e. The molecule has 2 saturated heterocycles. The van der Waals surface area contributed by atoms with Crippen LogP contribution >= 0.6 is 0 Å². The van der Waals surface area contributed by atoms with Gasteiger partial charge in [-0.3, -0.25) is 9.59 Å². The zero-order chi connectivity index (χ0) is 21.5. The van der Waals surface area contributed by atoms with Crippen molar-refractivity contribution in [2.45, 2.75) is 20.5 Å². The number of carboxylic acids is 1. The topological polar surface area (TPSA) is 135 Å². The number of hydrogen-bond acceptors (Lipinski definition) is 9. The van der Waals surface area contributed by atoms with Crippen molar-refractivity contribution in [3.05, 3.63) is 35.9 Å². The Morgan fingerprint density at radius 3 is 1.79 bits per heavy atom. The summed E-state index contributed by atoms with van der Waals surface area (Å²) in [6.07, 6.45) is -1.55. The first-order valence-electron chi connectivity index (χ1n) is 8.68. The van der Waals surface area contributed by atoms with Crippen LogP contribution in [0.2, 0.25) is 0 Å². The van der Waals surface area contributed by atoms with Gasteiger partial charge in [-0.25, -0.2) is 9.59 Å². The number of rotatable bonds is 4. The van der Waals surface area contributed by atoms with Crippen LogP contribution in [0.4, 0.5) is 9.59 Å². The summed E-state index contributed by atoms with van der Waals surface area (Å²) in [6, 6.07) is 9.37. The lowest BCUT2D eigenvalue weighted by molar-refractivity contribution is -0.167. The average Bonchev–Trinajstić information content (AvgIpc) is 2.72. The summed E-state index contributed by atoms with van der Waals surface area (Å²) in [7, 11) is 0. The van der Waals surface area contributed by atoms with Gasteiger partial charge in [0.25, 0.3) is 0 Å². The van der Waals surface area contributed by atoms with E-state index in [4.69, 9.17) is 19.3 Å². The maximum atomic E-state index is 11.9. The molecule has 2 aliphatic heterocycles. The Morgan fingerprint density at radius 2 is 1.34 bits per heavy atom. The number of carboxylic acid groups (broad SMARTS) is 1. The van der Waals surface area contributed by atoms with Crippen molar-refractivity contribution in [1.29, 1.82) is 0 Å². The van der Waals surface area contributed by atoms with Gasteiger partial charge in [0.2, 0.25) is 0 Å². The second-order valence-electron chi connectivity index (χ2n) is 7.14. The molecule has 0 aromatic heterocycles. The van der Waals surface area contributed by atoms with Crippen molar-refractivity contribution < 1.29 is 48.0 Å². The van der Waals surface area contributed by atoms with E-state index in [0.717, 1.165) is 5.56 Å². The van der Waals surface area contributed by atoms with E-state index in [9.17, 15) is 19.2 Å². The second-order valence-corrected chi connectivity index (χ2v) is 7.14. The molecule has 0 atom stereocenters. The quantitative estimate of drug-likeness (QED) is 0.581. The SMILES string of the molecule is CC1(C(=O)O)COC(=O)OC1.CC1(C(=O)OCc2ccccc2)COC(=O)OC1. The number of carbonyl (C=O) groups is 4. The molecule has 0 spiro atoms. The molecular formula is C19H22O10. The molecule has 2 heterocycles. The van der Waals surface area contributed by atoms with Crippen LogP contribution in [-0.4, -0.2) is 55.8 Å². The van der Waals surface area contributed by atoms with Crippen LogP contribution in [-0.2, 0) is 39.9 Å². The molecule has 0 unspecified atom stereocenters. The molecule has 0 saturated carbocycles. The summed E-state index contributed by atoms with van der Waals surface area (Å²) in [5.74, 6) is -1.45. The molecule has 2 fully saturated rings.